The highest BCUT2D eigenvalue weighted by Crippen LogP contribution is 2.32. The Hall–Kier alpha value is -1.61. The topological polar surface area (TPSA) is 25.2 Å². The first kappa shape index (κ1) is 13.4. The molecule has 1 N–H and O–H groups in total. The fourth-order valence-corrected chi connectivity index (χ4v) is 3.16. The van der Waals surface area contributed by atoms with Crippen LogP contribution in [0.5, 0.6) is 0 Å². The van der Waals surface area contributed by atoms with Crippen molar-refractivity contribution < 1.29 is 9.50 Å². The molecule has 0 fully saturated rings. The lowest BCUT2D eigenvalue weighted by molar-refractivity contribution is 0.155. The predicted molar refractivity (Wildman–Crippen MR) is 77.1 cm³/mol. The third kappa shape index (κ3) is 2.50. The molecule has 0 aliphatic heterocycles. The summed E-state index contributed by atoms with van der Waals surface area (Å²) in [5.74, 6) is -0.192. The van der Waals surface area contributed by atoms with Gasteiger partial charge >= 0.3 is 0 Å². The monoisotopic (exact) mass is 273 g/mol. The number of nitrogens with zero attached hydrogens (tertiary/aromatic N) is 1. The summed E-state index contributed by atoms with van der Waals surface area (Å²) < 4.78 is 15.2. The average Bonchev–Trinajstić information content (AvgIpc) is 2.87. The highest BCUT2D eigenvalue weighted by molar-refractivity contribution is 5.28. The van der Waals surface area contributed by atoms with Crippen molar-refractivity contribution in [3.8, 4) is 0 Å². The van der Waals surface area contributed by atoms with E-state index in [1.807, 2.05) is 18.2 Å². The van der Waals surface area contributed by atoms with E-state index < -0.39 is 0 Å². The van der Waals surface area contributed by atoms with Crippen molar-refractivity contribution in [1.82, 2.24) is 4.57 Å². The maximum absolute atomic E-state index is 12.9. The molecule has 3 heteroatoms. The third-order valence-electron chi connectivity index (χ3n) is 4.23. The Labute approximate surface area is 118 Å². The van der Waals surface area contributed by atoms with Gasteiger partial charge in [0.1, 0.15) is 5.82 Å². The van der Waals surface area contributed by atoms with Crippen LogP contribution >= 0.6 is 0 Å². The van der Waals surface area contributed by atoms with Crippen LogP contribution in [-0.4, -0.2) is 9.67 Å². The van der Waals surface area contributed by atoms with E-state index in [-0.39, 0.29) is 11.9 Å². The van der Waals surface area contributed by atoms with Gasteiger partial charge in [-0.1, -0.05) is 12.1 Å². The SMILES string of the molecule is CC(Cc1ccc(F)cc1)n1ccc2c1CCCC2O. The van der Waals surface area contributed by atoms with E-state index in [0.29, 0.717) is 6.04 Å². The Morgan fingerprint density at radius 1 is 1.30 bits per heavy atom. The second-order valence-electron chi connectivity index (χ2n) is 5.71. The summed E-state index contributed by atoms with van der Waals surface area (Å²) in [7, 11) is 0. The van der Waals surface area contributed by atoms with E-state index in [0.717, 1.165) is 36.8 Å². The Balaban J connectivity index is 1.81. The molecule has 1 aromatic carbocycles. The number of aliphatic hydroxyl groups excluding tert-OH is 1. The van der Waals surface area contributed by atoms with E-state index in [4.69, 9.17) is 0 Å². The number of hydrogen-bond acceptors (Lipinski definition) is 1. The van der Waals surface area contributed by atoms with E-state index in [1.165, 1.54) is 17.8 Å². The molecule has 0 saturated heterocycles. The first-order valence-corrected chi connectivity index (χ1v) is 7.27. The van der Waals surface area contributed by atoms with Crippen molar-refractivity contribution in [3.63, 3.8) is 0 Å². The first-order valence-electron chi connectivity index (χ1n) is 7.27. The summed E-state index contributed by atoms with van der Waals surface area (Å²) in [4.78, 5) is 0. The molecule has 0 spiro atoms. The number of benzene rings is 1. The molecule has 20 heavy (non-hydrogen) atoms. The maximum atomic E-state index is 12.9. The Kier molecular flexibility index (Phi) is 3.62. The normalized spacial score (nSPS) is 19.6. The Morgan fingerprint density at radius 2 is 2.05 bits per heavy atom. The minimum Gasteiger partial charge on any atom is -0.388 e. The van der Waals surface area contributed by atoms with Gasteiger partial charge in [-0.2, -0.15) is 0 Å². The summed E-state index contributed by atoms with van der Waals surface area (Å²) in [6.07, 6.45) is 5.58. The van der Waals surface area contributed by atoms with Crippen LogP contribution in [0, 0.1) is 5.82 Å². The number of aromatic nitrogens is 1. The van der Waals surface area contributed by atoms with Gasteiger partial charge in [-0.05, 0) is 56.4 Å². The molecular weight excluding hydrogens is 253 g/mol. The summed E-state index contributed by atoms with van der Waals surface area (Å²) in [6.45, 7) is 2.17. The maximum Gasteiger partial charge on any atom is 0.123 e. The highest BCUT2D eigenvalue weighted by atomic mass is 19.1. The zero-order chi connectivity index (χ0) is 14.1. The molecular formula is C17H20FNO. The predicted octanol–water partition coefficient (Wildman–Crippen LogP) is 3.80. The molecule has 2 atom stereocenters. The second-order valence-corrected chi connectivity index (χ2v) is 5.71. The van der Waals surface area contributed by atoms with Crippen LogP contribution in [0.3, 0.4) is 0 Å². The van der Waals surface area contributed by atoms with Gasteiger partial charge in [-0.3, -0.25) is 0 Å². The number of fused-ring (bicyclic) bond motifs is 1. The Bertz CT molecular complexity index is 588. The minimum absolute atomic E-state index is 0.192. The quantitative estimate of drug-likeness (QED) is 0.904. The van der Waals surface area contributed by atoms with Gasteiger partial charge in [0.15, 0.2) is 0 Å². The van der Waals surface area contributed by atoms with Gasteiger partial charge in [-0.25, -0.2) is 4.39 Å². The van der Waals surface area contributed by atoms with Crippen molar-refractivity contribution in [2.24, 2.45) is 0 Å². The second kappa shape index (κ2) is 5.41. The molecule has 0 radical (unpaired) electrons. The molecule has 1 aromatic heterocycles. The third-order valence-corrected chi connectivity index (χ3v) is 4.23. The van der Waals surface area contributed by atoms with Gasteiger partial charge in [0.2, 0.25) is 0 Å². The van der Waals surface area contributed by atoms with Crippen molar-refractivity contribution >= 4 is 0 Å². The van der Waals surface area contributed by atoms with E-state index in [2.05, 4.69) is 17.7 Å². The number of hydrogen-bond donors (Lipinski definition) is 1. The molecule has 1 heterocycles. The number of halogens is 1. The van der Waals surface area contributed by atoms with Crippen LogP contribution in [0.25, 0.3) is 0 Å². The lowest BCUT2D eigenvalue weighted by Gasteiger charge is -2.23. The van der Waals surface area contributed by atoms with Gasteiger partial charge in [-0.15, -0.1) is 0 Å². The van der Waals surface area contributed by atoms with E-state index >= 15 is 0 Å². The van der Waals surface area contributed by atoms with Gasteiger partial charge in [0.05, 0.1) is 6.10 Å². The van der Waals surface area contributed by atoms with Crippen LogP contribution in [0.15, 0.2) is 36.5 Å². The smallest absolute Gasteiger partial charge is 0.123 e. The van der Waals surface area contributed by atoms with Crippen LogP contribution in [0.2, 0.25) is 0 Å². The lowest BCUT2D eigenvalue weighted by atomic mass is 9.95. The van der Waals surface area contributed by atoms with E-state index in [9.17, 15) is 9.50 Å². The molecule has 2 unspecified atom stereocenters. The molecule has 2 aromatic rings. The van der Waals surface area contributed by atoms with E-state index in [1.54, 1.807) is 0 Å². The Morgan fingerprint density at radius 3 is 2.80 bits per heavy atom. The number of aliphatic hydroxyl groups is 1. The lowest BCUT2D eigenvalue weighted by Crippen LogP contribution is -2.15. The zero-order valence-corrected chi connectivity index (χ0v) is 11.7. The molecule has 3 rings (SSSR count). The standard InChI is InChI=1S/C17H20FNO/c1-12(11-13-5-7-14(18)8-6-13)19-10-9-15-16(19)3-2-4-17(15)20/h5-10,12,17,20H,2-4,11H2,1H3. The largest absolute Gasteiger partial charge is 0.388 e. The molecule has 0 bridgehead atoms. The zero-order valence-electron chi connectivity index (χ0n) is 11.7. The highest BCUT2D eigenvalue weighted by Gasteiger charge is 2.22. The molecule has 0 saturated carbocycles. The number of rotatable bonds is 3. The van der Waals surface area contributed by atoms with Crippen molar-refractivity contribution in [2.75, 3.05) is 0 Å². The molecule has 106 valence electrons. The van der Waals surface area contributed by atoms with Crippen molar-refractivity contribution in [1.29, 1.82) is 0 Å². The summed E-state index contributed by atoms with van der Waals surface area (Å²) in [5.41, 5.74) is 3.48. The molecule has 1 aliphatic carbocycles. The van der Waals surface area contributed by atoms with Gasteiger partial charge in [0.25, 0.3) is 0 Å². The summed E-state index contributed by atoms with van der Waals surface area (Å²) in [6, 6.07) is 9.07. The van der Waals surface area contributed by atoms with Crippen LogP contribution in [0.4, 0.5) is 4.39 Å². The van der Waals surface area contributed by atoms with Crippen LogP contribution in [-0.2, 0) is 12.8 Å². The van der Waals surface area contributed by atoms with Crippen LogP contribution in [0.1, 0.15) is 48.7 Å². The fraction of sp³-hybridized carbons (Fsp3) is 0.412. The summed E-state index contributed by atoms with van der Waals surface area (Å²) in [5, 5.41) is 10.0. The molecule has 0 amide bonds. The van der Waals surface area contributed by atoms with Gasteiger partial charge < -0.3 is 9.67 Å². The molecule has 1 aliphatic rings. The van der Waals surface area contributed by atoms with Crippen molar-refractivity contribution in [3.05, 3.63) is 59.2 Å². The minimum atomic E-state index is -0.307. The van der Waals surface area contributed by atoms with Gasteiger partial charge in [0, 0.05) is 23.5 Å². The fourth-order valence-electron chi connectivity index (χ4n) is 3.16. The van der Waals surface area contributed by atoms with Crippen molar-refractivity contribution in [2.45, 2.75) is 44.8 Å². The van der Waals surface area contributed by atoms with Crippen LogP contribution < -0.4 is 0 Å². The first-order chi connectivity index (χ1) is 9.65. The summed E-state index contributed by atoms with van der Waals surface area (Å²) >= 11 is 0. The molecule has 2 nitrogen and oxygen atoms in total. The average molecular weight is 273 g/mol.